The van der Waals surface area contributed by atoms with Crippen molar-refractivity contribution in [1.29, 1.82) is 0 Å². The molecule has 0 aliphatic carbocycles. The summed E-state index contributed by atoms with van der Waals surface area (Å²) in [7, 11) is 0. The lowest BCUT2D eigenvalue weighted by molar-refractivity contribution is -0.120. The number of rotatable bonds is 5. The fourth-order valence-electron chi connectivity index (χ4n) is 0.619. The molecule has 0 aliphatic heterocycles. The Bertz CT molecular complexity index is 123. The van der Waals surface area contributed by atoms with E-state index < -0.39 is 6.04 Å². The molecule has 0 bridgehead atoms. The average molecular weight is 143 g/mol. The van der Waals surface area contributed by atoms with Crippen LogP contribution < -0.4 is 0 Å². The molecular weight excluding hydrogens is 130 g/mol. The Hall–Kier alpha value is -0.730. The predicted octanol–water partition coefficient (Wildman–Crippen LogP) is 1.90. The summed E-state index contributed by atoms with van der Waals surface area (Å²) in [5.41, 5.74) is 0. The van der Waals surface area contributed by atoms with E-state index in [2.05, 4.69) is 5.18 Å². The topological polar surface area (TPSA) is 46.5 Å². The molecule has 0 aromatic rings. The van der Waals surface area contributed by atoms with Crippen LogP contribution in [0.3, 0.4) is 0 Å². The summed E-state index contributed by atoms with van der Waals surface area (Å²) in [4.78, 5) is 20.7. The van der Waals surface area contributed by atoms with Crippen LogP contribution in [0.4, 0.5) is 0 Å². The van der Waals surface area contributed by atoms with E-state index in [1.807, 2.05) is 6.92 Å². The normalized spacial score (nSPS) is 12.6. The van der Waals surface area contributed by atoms with Crippen LogP contribution in [0.15, 0.2) is 5.18 Å². The zero-order valence-corrected chi connectivity index (χ0v) is 6.46. The molecule has 0 rings (SSSR count). The SMILES string of the molecule is CCCCC(=O)C(C)N=O. The Kier molecular flexibility index (Phi) is 4.72. The lowest BCUT2D eigenvalue weighted by Gasteiger charge is -1.98. The molecule has 0 radical (unpaired) electrons. The average Bonchev–Trinajstić information content (AvgIpc) is 1.98. The molecule has 0 amide bonds. The third kappa shape index (κ3) is 3.33. The maximum atomic E-state index is 10.8. The molecule has 58 valence electrons. The number of hydrogen-bond donors (Lipinski definition) is 0. The lowest BCUT2D eigenvalue weighted by Crippen LogP contribution is -2.12. The van der Waals surface area contributed by atoms with Gasteiger partial charge in [-0.05, 0) is 13.3 Å². The van der Waals surface area contributed by atoms with Crippen molar-refractivity contribution in [3.63, 3.8) is 0 Å². The van der Waals surface area contributed by atoms with Crippen LogP contribution in [0.1, 0.15) is 33.1 Å². The quantitative estimate of drug-likeness (QED) is 0.552. The second-order valence-electron chi connectivity index (χ2n) is 2.35. The van der Waals surface area contributed by atoms with E-state index in [0.29, 0.717) is 6.42 Å². The summed E-state index contributed by atoms with van der Waals surface area (Å²) in [6.45, 7) is 3.54. The highest BCUT2D eigenvalue weighted by atomic mass is 16.3. The van der Waals surface area contributed by atoms with Crippen molar-refractivity contribution in [1.82, 2.24) is 0 Å². The predicted molar refractivity (Wildman–Crippen MR) is 39.8 cm³/mol. The van der Waals surface area contributed by atoms with Crippen LogP contribution in [-0.2, 0) is 4.79 Å². The van der Waals surface area contributed by atoms with Gasteiger partial charge < -0.3 is 0 Å². The first kappa shape index (κ1) is 9.27. The molecule has 0 N–H and O–H groups in total. The van der Waals surface area contributed by atoms with Gasteiger partial charge in [0.1, 0.15) is 6.04 Å². The molecule has 0 aromatic carbocycles. The van der Waals surface area contributed by atoms with Crippen LogP contribution in [-0.4, -0.2) is 11.8 Å². The van der Waals surface area contributed by atoms with Crippen LogP contribution in [0.2, 0.25) is 0 Å². The number of nitrogens with zero attached hydrogens (tertiary/aromatic N) is 1. The molecule has 3 nitrogen and oxygen atoms in total. The van der Waals surface area contributed by atoms with Gasteiger partial charge >= 0.3 is 0 Å². The first-order valence-corrected chi connectivity index (χ1v) is 3.57. The Balaban J connectivity index is 3.51. The standard InChI is InChI=1S/C7H13NO2/c1-3-4-5-7(9)6(2)8-10/h6H,3-5H2,1-2H3. The maximum Gasteiger partial charge on any atom is 0.160 e. The van der Waals surface area contributed by atoms with Gasteiger partial charge in [0.15, 0.2) is 5.78 Å². The molecule has 0 saturated heterocycles. The van der Waals surface area contributed by atoms with E-state index in [4.69, 9.17) is 0 Å². The van der Waals surface area contributed by atoms with E-state index in [1.165, 1.54) is 6.92 Å². The summed E-state index contributed by atoms with van der Waals surface area (Å²) >= 11 is 0. The van der Waals surface area contributed by atoms with Crippen molar-refractivity contribution in [3.05, 3.63) is 4.91 Å². The van der Waals surface area contributed by atoms with Gasteiger partial charge in [0.25, 0.3) is 0 Å². The molecule has 0 saturated carbocycles. The molecule has 0 aliphatic rings. The molecule has 0 aromatic heterocycles. The highest BCUT2D eigenvalue weighted by Gasteiger charge is 2.10. The van der Waals surface area contributed by atoms with Crippen molar-refractivity contribution in [3.8, 4) is 0 Å². The van der Waals surface area contributed by atoms with Gasteiger partial charge in [0.2, 0.25) is 0 Å². The molecule has 3 heteroatoms. The van der Waals surface area contributed by atoms with E-state index in [1.54, 1.807) is 0 Å². The molecule has 0 spiro atoms. The third-order valence-electron chi connectivity index (χ3n) is 1.40. The van der Waals surface area contributed by atoms with Crippen molar-refractivity contribution in [2.45, 2.75) is 39.2 Å². The highest BCUT2D eigenvalue weighted by molar-refractivity contribution is 5.83. The summed E-state index contributed by atoms with van der Waals surface area (Å²) in [5, 5.41) is 2.64. The van der Waals surface area contributed by atoms with Gasteiger partial charge in [-0.3, -0.25) is 4.79 Å². The highest BCUT2D eigenvalue weighted by Crippen LogP contribution is 2.00. The molecule has 1 unspecified atom stereocenters. The number of hydrogen-bond acceptors (Lipinski definition) is 3. The Morgan fingerprint density at radius 2 is 2.20 bits per heavy atom. The van der Waals surface area contributed by atoms with Crippen molar-refractivity contribution in [2.24, 2.45) is 5.18 Å². The van der Waals surface area contributed by atoms with E-state index in [9.17, 15) is 9.70 Å². The van der Waals surface area contributed by atoms with Crippen LogP contribution >= 0.6 is 0 Å². The van der Waals surface area contributed by atoms with Gasteiger partial charge in [0, 0.05) is 6.42 Å². The Morgan fingerprint density at radius 3 is 2.60 bits per heavy atom. The second-order valence-corrected chi connectivity index (χ2v) is 2.35. The zero-order valence-electron chi connectivity index (χ0n) is 6.46. The fourth-order valence-corrected chi connectivity index (χ4v) is 0.619. The first-order chi connectivity index (χ1) is 4.72. The minimum Gasteiger partial charge on any atom is -0.297 e. The van der Waals surface area contributed by atoms with Gasteiger partial charge in [-0.15, -0.1) is 0 Å². The number of unbranched alkanes of at least 4 members (excludes halogenated alkanes) is 1. The summed E-state index contributed by atoms with van der Waals surface area (Å²) in [6.07, 6.45) is 2.33. The third-order valence-corrected chi connectivity index (χ3v) is 1.40. The summed E-state index contributed by atoms with van der Waals surface area (Å²) in [6, 6.07) is -0.647. The van der Waals surface area contributed by atoms with Crippen molar-refractivity contribution < 1.29 is 4.79 Å². The van der Waals surface area contributed by atoms with Crippen molar-refractivity contribution in [2.75, 3.05) is 0 Å². The number of carbonyl (C=O) groups is 1. The summed E-state index contributed by atoms with van der Waals surface area (Å²) in [5.74, 6) is -0.0446. The molecule has 10 heavy (non-hydrogen) atoms. The monoisotopic (exact) mass is 143 g/mol. The van der Waals surface area contributed by atoms with Crippen LogP contribution in [0.25, 0.3) is 0 Å². The minimum atomic E-state index is -0.647. The van der Waals surface area contributed by atoms with E-state index in [0.717, 1.165) is 12.8 Å². The Morgan fingerprint density at radius 1 is 1.60 bits per heavy atom. The molecule has 0 fully saturated rings. The molecule has 0 heterocycles. The Labute approximate surface area is 60.8 Å². The van der Waals surface area contributed by atoms with E-state index >= 15 is 0 Å². The van der Waals surface area contributed by atoms with Crippen molar-refractivity contribution >= 4 is 5.78 Å². The fraction of sp³-hybridized carbons (Fsp3) is 0.857. The van der Waals surface area contributed by atoms with E-state index in [-0.39, 0.29) is 5.78 Å². The van der Waals surface area contributed by atoms with Gasteiger partial charge in [-0.2, -0.15) is 4.91 Å². The number of Topliss-reactive ketones (excluding diaryl/α,β-unsaturated/α-hetero) is 1. The summed E-state index contributed by atoms with van der Waals surface area (Å²) < 4.78 is 0. The maximum absolute atomic E-state index is 10.8. The van der Waals surface area contributed by atoms with Gasteiger partial charge in [-0.25, -0.2) is 0 Å². The number of nitroso groups, excluding NO2 is 1. The largest absolute Gasteiger partial charge is 0.297 e. The molecule has 1 atom stereocenters. The van der Waals surface area contributed by atoms with Crippen LogP contribution in [0.5, 0.6) is 0 Å². The van der Waals surface area contributed by atoms with Gasteiger partial charge in [0.05, 0.1) is 0 Å². The molecular formula is C7H13NO2. The first-order valence-electron chi connectivity index (χ1n) is 3.57. The number of carbonyl (C=O) groups excluding carboxylic acids is 1. The van der Waals surface area contributed by atoms with Crippen LogP contribution in [0, 0.1) is 4.91 Å². The second kappa shape index (κ2) is 5.09. The minimum absolute atomic E-state index is 0.0446. The number of ketones is 1. The smallest absolute Gasteiger partial charge is 0.160 e. The van der Waals surface area contributed by atoms with Gasteiger partial charge in [-0.1, -0.05) is 18.5 Å². The lowest BCUT2D eigenvalue weighted by atomic mass is 10.1. The zero-order chi connectivity index (χ0) is 7.98.